The van der Waals surface area contributed by atoms with E-state index in [2.05, 4.69) is 15.2 Å². The third-order valence-electron chi connectivity index (χ3n) is 5.47. The lowest BCUT2D eigenvalue weighted by atomic mass is 9.89. The van der Waals surface area contributed by atoms with Gasteiger partial charge in [-0.1, -0.05) is 20.8 Å². The number of hydrogen-bond donors (Lipinski definition) is 2. The smallest absolute Gasteiger partial charge is 0.255 e. The number of likely N-dealkylation sites (tertiary alicyclic amines) is 1. The number of carbonyl (C=O) groups excluding carboxylic acids is 2. The number of aryl methyl sites for hydroxylation is 1. The summed E-state index contributed by atoms with van der Waals surface area (Å²) in [7, 11) is 0. The number of ketones is 1. The number of amides is 1. The van der Waals surface area contributed by atoms with Crippen LogP contribution in [-0.2, 0) is 4.79 Å². The maximum Gasteiger partial charge on any atom is 0.255 e. The number of nitrogens with two attached hydrogens (primary N) is 1. The molecule has 0 atom stereocenters. The summed E-state index contributed by atoms with van der Waals surface area (Å²) in [6.45, 7) is 10.7. The molecule has 1 amide bonds. The number of aromatic nitrogens is 2. The molecule has 0 spiro atoms. The number of nitrogens with one attached hydrogen (secondary N) is 1. The Hall–Kier alpha value is -2.41. The van der Waals surface area contributed by atoms with Gasteiger partial charge in [0, 0.05) is 18.2 Å². The predicted octanol–water partition coefficient (Wildman–Crippen LogP) is 2.28. The average molecular weight is 386 g/mol. The van der Waals surface area contributed by atoms with Crippen LogP contribution < -0.4 is 11.1 Å². The molecule has 3 rings (SSSR count). The molecule has 2 aromatic rings. The lowest BCUT2D eigenvalue weighted by molar-refractivity contribution is -0.127. The van der Waals surface area contributed by atoms with Crippen molar-refractivity contribution in [2.75, 3.05) is 31.9 Å². The summed E-state index contributed by atoms with van der Waals surface area (Å²) in [4.78, 5) is 31.5. The van der Waals surface area contributed by atoms with E-state index in [1.165, 1.54) is 0 Å². The molecule has 0 aliphatic carbocycles. The van der Waals surface area contributed by atoms with Crippen LogP contribution in [0.15, 0.2) is 18.3 Å². The number of hydrogen-bond acceptors (Lipinski definition) is 5. The second-order valence-electron chi connectivity index (χ2n) is 8.85. The minimum absolute atomic E-state index is 0.124. The lowest BCUT2D eigenvalue weighted by Gasteiger charge is -2.33. The molecule has 152 valence electrons. The number of piperidine rings is 1. The van der Waals surface area contributed by atoms with Crippen molar-refractivity contribution in [3.8, 4) is 0 Å². The zero-order chi connectivity index (χ0) is 20.5. The Labute approximate surface area is 166 Å². The van der Waals surface area contributed by atoms with Gasteiger partial charge in [0.05, 0.1) is 17.8 Å². The van der Waals surface area contributed by atoms with Crippen LogP contribution in [-0.4, -0.2) is 52.2 Å². The topological polar surface area (TPSA) is 92.7 Å². The first kappa shape index (κ1) is 20.3. The minimum atomic E-state index is -0.291. The summed E-state index contributed by atoms with van der Waals surface area (Å²) in [6, 6.07) is 3.46. The van der Waals surface area contributed by atoms with E-state index in [-0.39, 0.29) is 17.1 Å². The van der Waals surface area contributed by atoms with Crippen LogP contribution in [0.3, 0.4) is 0 Å². The van der Waals surface area contributed by atoms with E-state index in [9.17, 15) is 9.59 Å². The van der Waals surface area contributed by atoms with Crippen molar-refractivity contribution in [3.05, 3.63) is 29.6 Å². The molecular formula is C21H31N5O2. The molecule has 0 saturated carbocycles. The largest absolute Gasteiger partial charge is 0.385 e. The van der Waals surface area contributed by atoms with Gasteiger partial charge in [-0.25, -0.2) is 4.98 Å². The third kappa shape index (κ3) is 4.52. The van der Waals surface area contributed by atoms with Crippen LogP contribution in [0.4, 0.5) is 5.82 Å². The average Bonchev–Trinajstić information content (AvgIpc) is 3.02. The van der Waals surface area contributed by atoms with Crippen LogP contribution in [0.25, 0.3) is 5.65 Å². The maximum absolute atomic E-state index is 12.7. The molecule has 7 nitrogen and oxygen atoms in total. The molecule has 7 heteroatoms. The maximum atomic E-state index is 12.7. The fourth-order valence-electron chi connectivity index (χ4n) is 3.51. The second-order valence-corrected chi connectivity index (χ2v) is 8.85. The quantitative estimate of drug-likeness (QED) is 0.824. The summed E-state index contributed by atoms with van der Waals surface area (Å²) < 4.78 is 1.75. The van der Waals surface area contributed by atoms with E-state index < -0.39 is 0 Å². The number of imidazole rings is 1. The number of carbonyl (C=O) groups is 2. The number of rotatable bonds is 5. The first-order valence-electron chi connectivity index (χ1n) is 9.93. The number of anilines is 1. The van der Waals surface area contributed by atoms with Gasteiger partial charge < -0.3 is 11.1 Å². The van der Waals surface area contributed by atoms with E-state index in [0.29, 0.717) is 36.0 Å². The van der Waals surface area contributed by atoms with E-state index in [0.717, 1.165) is 31.6 Å². The summed E-state index contributed by atoms with van der Waals surface area (Å²) in [5.74, 6) is 1.14. The third-order valence-corrected chi connectivity index (χ3v) is 5.47. The van der Waals surface area contributed by atoms with Crippen molar-refractivity contribution in [2.45, 2.75) is 40.5 Å². The van der Waals surface area contributed by atoms with Gasteiger partial charge in [0.2, 0.25) is 0 Å². The Morgan fingerprint density at radius 1 is 1.25 bits per heavy atom. The van der Waals surface area contributed by atoms with Gasteiger partial charge in [-0.2, -0.15) is 0 Å². The molecule has 1 aliphatic heterocycles. The monoisotopic (exact) mass is 385 g/mol. The van der Waals surface area contributed by atoms with Crippen LogP contribution >= 0.6 is 0 Å². The fraction of sp³-hybridized carbons (Fsp3) is 0.571. The molecule has 0 radical (unpaired) electrons. The van der Waals surface area contributed by atoms with Gasteiger partial charge in [0.25, 0.3) is 5.91 Å². The molecule has 0 aromatic carbocycles. The predicted molar refractivity (Wildman–Crippen MR) is 110 cm³/mol. The second kappa shape index (κ2) is 7.91. The molecule has 3 N–H and O–H groups in total. The van der Waals surface area contributed by atoms with Crippen LogP contribution in [0.1, 0.15) is 49.7 Å². The number of nitrogens with zero attached hydrogens (tertiary/aromatic N) is 3. The Morgan fingerprint density at radius 2 is 1.93 bits per heavy atom. The molecule has 1 saturated heterocycles. The molecule has 1 aliphatic rings. The standard InChI is InChI=1S/C21H31N5O2/c1-14-12-26-18(22)6-5-16(19(26)24-14)20(28)23-11-15-7-9-25(10-8-15)13-17(27)21(2,3)4/h5-6,12,15H,7-11,13,22H2,1-4H3,(H,23,28). The van der Waals surface area contributed by atoms with E-state index in [1.54, 1.807) is 16.5 Å². The summed E-state index contributed by atoms with van der Waals surface area (Å²) >= 11 is 0. The molecule has 28 heavy (non-hydrogen) atoms. The van der Waals surface area contributed by atoms with Gasteiger partial charge in [-0.3, -0.25) is 18.9 Å². The molecule has 0 unspecified atom stereocenters. The van der Waals surface area contributed by atoms with Crippen molar-refractivity contribution >= 4 is 23.2 Å². The Bertz CT molecular complexity index is 873. The Morgan fingerprint density at radius 3 is 2.57 bits per heavy atom. The molecule has 1 fully saturated rings. The van der Waals surface area contributed by atoms with Gasteiger partial charge in [-0.05, 0) is 50.9 Å². The van der Waals surface area contributed by atoms with Gasteiger partial charge in [0.1, 0.15) is 5.82 Å². The van der Waals surface area contributed by atoms with E-state index in [4.69, 9.17) is 5.73 Å². The van der Waals surface area contributed by atoms with Crippen molar-refractivity contribution in [3.63, 3.8) is 0 Å². The first-order chi connectivity index (χ1) is 13.1. The first-order valence-corrected chi connectivity index (χ1v) is 9.93. The zero-order valence-electron chi connectivity index (χ0n) is 17.3. The van der Waals surface area contributed by atoms with Crippen molar-refractivity contribution in [1.29, 1.82) is 0 Å². The van der Waals surface area contributed by atoms with Crippen molar-refractivity contribution < 1.29 is 9.59 Å². The highest BCUT2D eigenvalue weighted by atomic mass is 16.1. The number of nitrogen functional groups attached to an aromatic ring is 1. The minimum Gasteiger partial charge on any atom is -0.385 e. The normalized spacial score (nSPS) is 16.4. The summed E-state index contributed by atoms with van der Waals surface area (Å²) in [6.07, 6.45) is 3.80. The van der Waals surface area contributed by atoms with E-state index in [1.807, 2.05) is 33.9 Å². The fourth-order valence-corrected chi connectivity index (χ4v) is 3.51. The lowest BCUT2D eigenvalue weighted by Crippen LogP contribution is -2.42. The van der Waals surface area contributed by atoms with Crippen molar-refractivity contribution in [2.24, 2.45) is 11.3 Å². The molecule has 3 heterocycles. The van der Waals surface area contributed by atoms with Gasteiger partial charge in [0.15, 0.2) is 11.4 Å². The Balaban J connectivity index is 1.53. The molecular weight excluding hydrogens is 354 g/mol. The van der Waals surface area contributed by atoms with Crippen molar-refractivity contribution in [1.82, 2.24) is 19.6 Å². The number of pyridine rings is 1. The molecule has 2 aromatic heterocycles. The summed E-state index contributed by atoms with van der Waals surface area (Å²) in [5, 5.41) is 3.05. The Kier molecular flexibility index (Phi) is 5.74. The van der Waals surface area contributed by atoms with Gasteiger partial charge in [-0.15, -0.1) is 0 Å². The highest BCUT2D eigenvalue weighted by Crippen LogP contribution is 2.20. The van der Waals surface area contributed by atoms with Crippen LogP contribution in [0.5, 0.6) is 0 Å². The van der Waals surface area contributed by atoms with Gasteiger partial charge >= 0.3 is 0 Å². The highest BCUT2D eigenvalue weighted by Gasteiger charge is 2.26. The van der Waals surface area contributed by atoms with E-state index >= 15 is 0 Å². The van der Waals surface area contributed by atoms with Crippen LogP contribution in [0.2, 0.25) is 0 Å². The van der Waals surface area contributed by atoms with Crippen LogP contribution in [0, 0.1) is 18.3 Å². The zero-order valence-corrected chi connectivity index (χ0v) is 17.3. The molecule has 0 bridgehead atoms. The number of Topliss-reactive ketones (excluding diaryl/α,β-unsaturated/α-hetero) is 1. The number of fused-ring (bicyclic) bond motifs is 1. The summed E-state index contributed by atoms with van der Waals surface area (Å²) in [5.41, 5.74) is 7.62. The SMILES string of the molecule is Cc1cn2c(N)ccc(C(=O)NCC3CCN(CC(=O)C(C)(C)C)CC3)c2n1. The highest BCUT2D eigenvalue weighted by molar-refractivity contribution is 6.00.